The lowest BCUT2D eigenvalue weighted by Crippen LogP contribution is -2.19. The number of halogens is 6. The first-order valence-corrected chi connectivity index (χ1v) is 5.22. The van der Waals surface area contributed by atoms with Crippen LogP contribution in [0.25, 0.3) is 0 Å². The molecule has 0 aliphatic carbocycles. The van der Waals surface area contributed by atoms with E-state index in [1.165, 1.54) is 0 Å². The van der Waals surface area contributed by atoms with Gasteiger partial charge in [-0.3, -0.25) is 4.98 Å². The van der Waals surface area contributed by atoms with Crippen LogP contribution in [-0.4, -0.2) is 4.98 Å². The van der Waals surface area contributed by atoms with Crippen molar-refractivity contribution < 1.29 is 26.3 Å². The van der Waals surface area contributed by atoms with E-state index in [1.807, 2.05) is 0 Å². The number of aromatic nitrogens is 1. The molecule has 1 aromatic heterocycles. The van der Waals surface area contributed by atoms with E-state index in [2.05, 4.69) is 4.98 Å². The average molecular weight is 292 g/mol. The summed E-state index contributed by atoms with van der Waals surface area (Å²) in [6, 6.07) is -0.960. The van der Waals surface area contributed by atoms with E-state index in [9.17, 15) is 26.3 Å². The lowest BCUT2D eigenvalue weighted by Gasteiger charge is -2.15. The van der Waals surface area contributed by atoms with Crippen LogP contribution in [0.4, 0.5) is 26.3 Å². The van der Waals surface area contributed by atoms with Gasteiger partial charge in [0.2, 0.25) is 5.82 Å². The lowest BCUT2D eigenvalue weighted by molar-refractivity contribution is 0.367. The number of nitrogens with zero attached hydrogens (tertiary/aromatic N) is 1. The number of nitrogens with two attached hydrogens (primary N) is 1. The van der Waals surface area contributed by atoms with Crippen LogP contribution < -0.4 is 5.73 Å². The molecule has 0 aliphatic heterocycles. The van der Waals surface area contributed by atoms with Gasteiger partial charge in [-0.15, -0.1) is 0 Å². The molecule has 1 unspecified atom stereocenters. The number of benzene rings is 1. The monoisotopic (exact) mass is 292 g/mol. The van der Waals surface area contributed by atoms with E-state index >= 15 is 0 Å². The van der Waals surface area contributed by atoms with Crippen LogP contribution in [0.5, 0.6) is 0 Å². The van der Waals surface area contributed by atoms with E-state index < -0.39 is 46.5 Å². The van der Waals surface area contributed by atoms with Crippen molar-refractivity contribution in [2.45, 2.75) is 6.04 Å². The minimum Gasteiger partial charge on any atom is -0.320 e. The summed E-state index contributed by atoms with van der Waals surface area (Å²) < 4.78 is 79.0. The molecule has 0 fully saturated rings. The number of hydrogen-bond acceptors (Lipinski definition) is 2. The van der Waals surface area contributed by atoms with Gasteiger partial charge in [0.25, 0.3) is 0 Å². The van der Waals surface area contributed by atoms with E-state index in [4.69, 9.17) is 5.73 Å². The van der Waals surface area contributed by atoms with E-state index in [-0.39, 0.29) is 5.56 Å². The highest BCUT2D eigenvalue weighted by Crippen LogP contribution is 2.29. The minimum atomic E-state index is -2.28. The third-order valence-corrected chi connectivity index (χ3v) is 2.64. The van der Waals surface area contributed by atoms with Gasteiger partial charge in [0.15, 0.2) is 23.3 Å². The Morgan fingerprint density at radius 2 is 1.30 bits per heavy atom. The molecule has 20 heavy (non-hydrogen) atoms. The van der Waals surface area contributed by atoms with Crippen molar-refractivity contribution >= 4 is 0 Å². The Kier molecular flexibility index (Phi) is 3.67. The Bertz CT molecular complexity index is 644. The summed E-state index contributed by atoms with van der Waals surface area (Å²) in [4.78, 5) is 3.39. The highest BCUT2D eigenvalue weighted by Gasteiger charge is 2.29. The molecule has 1 heterocycles. The molecule has 0 spiro atoms. The van der Waals surface area contributed by atoms with Crippen LogP contribution in [0.2, 0.25) is 0 Å². The summed E-state index contributed by atoms with van der Waals surface area (Å²) in [5.74, 6) is -11.5. The van der Waals surface area contributed by atoms with Crippen molar-refractivity contribution in [3.8, 4) is 0 Å². The van der Waals surface area contributed by atoms with E-state index in [1.54, 1.807) is 0 Å². The fourth-order valence-electron chi connectivity index (χ4n) is 1.66. The predicted molar refractivity (Wildman–Crippen MR) is 56.5 cm³/mol. The first kappa shape index (κ1) is 14.3. The third kappa shape index (κ3) is 2.22. The Balaban J connectivity index is 2.64. The Hall–Kier alpha value is -2.09. The standard InChI is InChI=1S/C12H6F6N2/c13-5-1-4(2-20-3-5)12(19)6-7(14)9(16)11(18)10(17)8(6)15/h1-3,12H,19H2. The topological polar surface area (TPSA) is 38.9 Å². The highest BCUT2D eigenvalue weighted by atomic mass is 19.2. The molecule has 0 saturated heterocycles. The summed E-state index contributed by atoms with van der Waals surface area (Å²) in [7, 11) is 0. The molecule has 2 aromatic rings. The zero-order valence-corrected chi connectivity index (χ0v) is 9.60. The fourth-order valence-corrected chi connectivity index (χ4v) is 1.66. The van der Waals surface area contributed by atoms with Crippen molar-refractivity contribution in [2.75, 3.05) is 0 Å². The smallest absolute Gasteiger partial charge is 0.200 e. The van der Waals surface area contributed by atoms with Crippen molar-refractivity contribution in [3.05, 3.63) is 64.5 Å². The van der Waals surface area contributed by atoms with Crippen molar-refractivity contribution in [3.63, 3.8) is 0 Å². The van der Waals surface area contributed by atoms with Gasteiger partial charge < -0.3 is 5.73 Å². The largest absolute Gasteiger partial charge is 0.320 e. The van der Waals surface area contributed by atoms with E-state index in [0.717, 1.165) is 18.5 Å². The Morgan fingerprint density at radius 1 is 0.800 bits per heavy atom. The molecule has 0 amide bonds. The number of hydrogen-bond donors (Lipinski definition) is 1. The maximum absolute atomic E-state index is 13.5. The quantitative estimate of drug-likeness (QED) is 0.525. The van der Waals surface area contributed by atoms with Crippen LogP contribution >= 0.6 is 0 Å². The van der Waals surface area contributed by atoms with Gasteiger partial charge in [-0.05, 0) is 11.6 Å². The molecular weight excluding hydrogens is 286 g/mol. The van der Waals surface area contributed by atoms with Crippen LogP contribution in [0.1, 0.15) is 17.2 Å². The fraction of sp³-hybridized carbons (Fsp3) is 0.0833. The molecule has 0 radical (unpaired) electrons. The average Bonchev–Trinajstić information content (AvgIpc) is 2.43. The summed E-state index contributed by atoms with van der Waals surface area (Å²) >= 11 is 0. The van der Waals surface area contributed by atoms with Crippen LogP contribution in [-0.2, 0) is 0 Å². The van der Waals surface area contributed by atoms with Gasteiger partial charge in [-0.25, -0.2) is 26.3 Å². The zero-order chi connectivity index (χ0) is 15.0. The summed E-state index contributed by atoms with van der Waals surface area (Å²) in [6.07, 6.45) is 1.76. The van der Waals surface area contributed by atoms with Gasteiger partial charge in [0, 0.05) is 6.20 Å². The van der Waals surface area contributed by atoms with Gasteiger partial charge >= 0.3 is 0 Å². The predicted octanol–water partition coefficient (Wildman–Crippen LogP) is 2.96. The van der Waals surface area contributed by atoms with Crippen LogP contribution in [0.15, 0.2) is 18.5 Å². The first-order valence-electron chi connectivity index (χ1n) is 5.22. The lowest BCUT2D eigenvalue weighted by atomic mass is 9.99. The number of pyridine rings is 1. The summed E-state index contributed by atoms with van der Waals surface area (Å²) in [6.45, 7) is 0. The van der Waals surface area contributed by atoms with Crippen LogP contribution in [0.3, 0.4) is 0 Å². The second-order valence-electron chi connectivity index (χ2n) is 3.90. The van der Waals surface area contributed by atoms with Gasteiger partial charge in [0.1, 0.15) is 5.82 Å². The van der Waals surface area contributed by atoms with Crippen molar-refractivity contribution in [2.24, 2.45) is 5.73 Å². The molecule has 2 N–H and O–H groups in total. The van der Waals surface area contributed by atoms with Crippen LogP contribution in [0, 0.1) is 34.9 Å². The van der Waals surface area contributed by atoms with E-state index in [0.29, 0.717) is 0 Å². The zero-order valence-electron chi connectivity index (χ0n) is 9.60. The molecule has 1 atom stereocenters. The van der Waals surface area contributed by atoms with Crippen molar-refractivity contribution in [1.82, 2.24) is 4.98 Å². The normalized spacial score (nSPS) is 12.6. The first-order chi connectivity index (χ1) is 9.34. The molecule has 0 bridgehead atoms. The maximum Gasteiger partial charge on any atom is 0.200 e. The Morgan fingerprint density at radius 3 is 1.80 bits per heavy atom. The maximum atomic E-state index is 13.5. The molecule has 2 nitrogen and oxygen atoms in total. The summed E-state index contributed by atoms with van der Waals surface area (Å²) in [5, 5.41) is 0. The molecule has 1 aromatic carbocycles. The van der Waals surface area contributed by atoms with Gasteiger partial charge in [-0.2, -0.15) is 0 Å². The van der Waals surface area contributed by atoms with Gasteiger partial charge in [0.05, 0.1) is 17.8 Å². The summed E-state index contributed by atoms with van der Waals surface area (Å²) in [5.41, 5.74) is 3.96. The molecular formula is C12H6F6N2. The highest BCUT2D eigenvalue weighted by molar-refractivity contribution is 5.33. The second kappa shape index (κ2) is 5.12. The molecule has 8 heteroatoms. The minimum absolute atomic E-state index is 0.229. The number of rotatable bonds is 2. The SMILES string of the molecule is NC(c1cncc(F)c1)c1c(F)c(F)c(F)c(F)c1F. The Labute approximate surface area is 108 Å². The molecule has 0 saturated carbocycles. The van der Waals surface area contributed by atoms with Crippen molar-refractivity contribution in [1.29, 1.82) is 0 Å². The second-order valence-corrected chi connectivity index (χ2v) is 3.90. The third-order valence-electron chi connectivity index (χ3n) is 2.64. The van der Waals surface area contributed by atoms with Gasteiger partial charge in [-0.1, -0.05) is 0 Å². The molecule has 2 rings (SSSR count). The molecule has 106 valence electrons. The molecule has 0 aliphatic rings.